The molecule has 6 heteroatoms. The second kappa shape index (κ2) is 7.53. The van der Waals surface area contributed by atoms with Gasteiger partial charge in [0.1, 0.15) is 11.6 Å². The molecule has 2 fully saturated rings. The van der Waals surface area contributed by atoms with Crippen LogP contribution in [0.25, 0.3) is 0 Å². The minimum absolute atomic E-state index is 0.0756. The van der Waals surface area contributed by atoms with Crippen LogP contribution in [0.3, 0.4) is 0 Å². The second-order valence-corrected chi connectivity index (χ2v) is 7.98. The highest BCUT2D eigenvalue weighted by molar-refractivity contribution is 6.02. The van der Waals surface area contributed by atoms with Gasteiger partial charge in [-0.1, -0.05) is 18.2 Å². The summed E-state index contributed by atoms with van der Waals surface area (Å²) < 4.78 is 20.1. The van der Waals surface area contributed by atoms with Gasteiger partial charge in [-0.15, -0.1) is 0 Å². The van der Waals surface area contributed by atoms with E-state index >= 15 is 0 Å². The third-order valence-electron chi connectivity index (χ3n) is 5.69. The first-order valence-electron chi connectivity index (χ1n) is 9.60. The molecule has 0 unspecified atom stereocenters. The molecule has 0 bridgehead atoms. The minimum Gasteiger partial charge on any atom is -0.507 e. The van der Waals surface area contributed by atoms with E-state index in [1.54, 1.807) is 24.3 Å². The summed E-state index contributed by atoms with van der Waals surface area (Å²) in [5, 5.41) is 13.0. The number of carbonyl (C=O) groups excluding carboxylic acids is 1. The van der Waals surface area contributed by atoms with E-state index in [0.717, 1.165) is 44.8 Å². The number of phenols is 1. The number of benzene rings is 2. The topological polar surface area (TPSA) is 61.8 Å². The Bertz CT molecular complexity index is 885. The van der Waals surface area contributed by atoms with Crippen LogP contribution in [0, 0.1) is 11.2 Å². The number of nitrogens with one attached hydrogen (secondary N) is 1. The fourth-order valence-corrected chi connectivity index (χ4v) is 4.25. The Morgan fingerprint density at radius 3 is 2.82 bits per heavy atom. The maximum atomic E-state index is 14.6. The molecule has 0 amide bonds. The molecule has 2 N–H and O–H groups in total. The lowest BCUT2D eigenvalue weighted by molar-refractivity contribution is -0.0124. The van der Waals surface area contributed by atoms with Crippen LogP contribution in [0.1, 0.15) is 34.8 Å². The number of likely N-dealkylation sites (tertiary alicyclic amines) is 1. The maximum Gasteiger partial charge on any atom is 0.165 e. The fourth-order valence-electron chi connectivity index (χ4n) is 4.25. The number of halogens is 1. The average molecular weight is 384 g/mol. The molecule has 2 aliphatic rings. The summed E-state index contributed by atoms with van der Waals surface area (Å²) in [5.41, 5.74) is 2.53. The summed E-state index contributed by atoms with van der Waals surface area (Å²) in [7, 11) is 0. The van der Waals surface area contributed by atoms with E-state index in [-0.39, 0.29) is 29.5 Å². The van der Waals surface area contributed by atoms with Crippen molar-refractivity contribution >= 4 is 11.5 Å². The SMILES string of the molecule is CC(=O)c1c(O)cccc1NCc1ccc(CN2CC3(CCOC3)C2)cc1F. The third-order valence-corrected chi connectivity index (χ3v) is 5.69. The first kappa shape index (κ1) is 18.9. The summed E-state index contributed by atoms with van der Waals surface area (Å²) >= 11 is 0. The highest BCUT2D eigenvalue weighted by Crippen LogP contribution is 2.38. The Morgan fingerprint density at radius 1 is 1.32 bits per heavy atom. The van der Waals surface area contributed by atoms with Gasteiger partial charge in [0.2, 0.25) is 0 Å². The number of anilines is 1. The van der Waals surface area contributed by atoms with Crippen LogP contribution in [0.5, 0.6) is 5.75 Å². The smallest absolute Gasteiger partial charge is 0.165 e. The molecular formula is C22H25FN2O3. The molecular weight excluding hydrogens is 359 g/mol. The molecule has 0 saturated carbocycles. The van der Waals surface area contributed by atoms with Crippen LogP contribution < -0.4 is 5.32 Å². The summed E-state index contributed by atoms with van der Waals surface area (Å²) in [6.45, 7) is 6.11. The first-order chi connectivity index (χ1) is 13.5. The molecule has 2 saturated heterocycles. The van der Waals surface area contributed by atoms with Crippen molar-refractivity contribution in [2.75, 3.05) is 31.6 Å². The normalized spacial score (nSPS) is 18.2. The van der Waals surface area contributed by atoms with Gasteiger partial charge in [0, 0.05) is 49.5 Å². The van der Waals surface area contributed by atoms with Crippen LogP contribution in [0.15, 0.2) is 36.4 Å². The zero-order chi connectivity index (χ0) is 19.7. The Balaban J connectivity index is 1.38. The molecule has 2 aromatic carbocycles. The molecule has 0 aromatic heterocycles. The fraction of sp³-hybridized carbons (Fsp3) is 0.409. The van der Waals surface area contributed by atoms with Gasteiger partial charge in [-0.3, -0.25) is 9.69 Å². The summed E-state index contributed by atoms with van der Waals surface area (Å²) in [4.78, 5) is 14.1. The highest BCUT2D eigenvalue weighted by Gasteiger charge is 2.45. The lowest BCUT2D eigenvalue weighted by atomic mass is 9.79. The van der Waals surface area contributed by atoms with Crippen LogP contribution in [0.2, 0.25) is 0 Å². The van der Waals surface area contributed by atoms with Crippen LogP contribution >= 0.6 is 0 Å². The van der Waals surface area contributed by atoms with Crippen molar-refractivity contribution in [2.45, 2.75) is 26.4 Å². The van der Waals surface area contributed by atoms with Crippen LogP contribution in [0.4, 0.5) is 10.1 Å². The molecule has 2 heterocycles. The number of ketones is 1. The van der Waals surface area contributed by atoms with Gasteiger partial charge in [-0.2, -0.15) is 0 Å². The number of phenolic OH excluding ortho intramolecular Hbond substituents is 1. The standard InChI is InChI=1S/C22H25FN2O3/c1-15(26)21-19(3-2-4-20(21)27)24-10-17-6-5-16(9-18(17)23)11-25-12-22(13-25)7-8-28-14-22/h2-6,9,24,27H,7-8,10-14H2,1H3. The van der Waals surface area contributed by atoms with Crippen molar-refractivity contribution < 1.29 is 19.0 Å². The van der Waals surface area contributed by atoms with E-state index < -0.39 is 0 Å². The Kier molecular flexibility index (Phi) is 5.08. The molecule has 0 atom stereocenters. The monoisotopic (exact) mass is 384 g/mol. The molecule has 28 heavy (non-hydrogen) atoms. The van der Waals surface area contributed by atoms with Gasteiger partial charge in [-0.25, -0.2) is 4.39 Å². The van der Waals surface area contributed by atoms with Gasteiger partial charge >= 0.3 is 0 Å². The summed E-state index contributed by atoms with van der Waals surface area (Å²) in [6.07, 6.45) is 1.12. The van der Waals surface area contributed by atoms with Gasteiger partial charge in [-0.05, 0) is 37.1 Å². The quantitative estimate of drug-likeness (QED) is 0.746. The van der Waals surface area contributed by atoms with Gasteiger partial charge < -0.3 is 15.2 Å². The number of ether oxygens (including phenoxy) is 1. The van der Waals surface area contributed by atoms with E-state index in [1.807, 2.05) is 6.07 Å². The molecule has 148 valence electrons. The van der Waals surface area contributed by atoms with E-state index in [9.17, 15) is 14.3 Å². The number of Topliss-reactive ketones (excluding diaryl/α,β-unsaturated/α-hetero) is 1. The van der Waals surface area contributed by atoms with E-state index in [4.69, 9.17) is 4.74 Å². The lowest BCUT2D eigenvalue weighted by Gasteiger charge is -2.47. The molecule has 0 aliphatic carbocycles. The predicted molar refractivity (Wildman–Crippen MR) is 105 cm³/mol. The first-order valence-corrected chi connectivity index (χ1v) is 9.60. The summed E-state index contributed by atoms with van der Waals surface area (Å²) in [6, 6.07) is 10.1. The van der Waals surface area contributed by atoms with Crippen LogP contribution in [-0.4, -0.2) is 42.1 Å². The number of hydrogen-bond donors (Lipinski definition) is 2. The van der Waals surface area contributed by atoms with Crippen molar-refractivity contribution in [1.29, 1.82) is 0 Å². The molecule has 2 aliphatic heterocycles. The minimum atomic E-state index is -0.269. The van der Waals surface area contributed by atoms with Crippen molar-refractivity contribution in [1.82, 2.24) is 4.90 Å². The predicted octanol–water partition coefficient (Wildman–Crippen LogP) is 3.57. The number of hydrogen-bond acceptors (Lipinski definition) is 5. The average Bonchev–Trinajstić information content (AvgIpc) is 3.10. The van der Waals surface area contributed by atoms with Gasteiger partial charge in [0.25, 0.3) is 0 Å². The number of aromatic hydroxyl groups is 1. The Labute approximate surface area is 164 Å². The molecule has 2 aromatic rings. The second-order valence-electron chi connectivity index (χ2n) is 7.98. The molecule has 4 rings (SSSR count). The van der Waals surface area contributed by atoms with Gasteiger partial charge in [0.05, 0.1) is 12.2 Å². The third kappa shape index (κ3) is 3.75. The van der Waals surface area contributed by atoms with E-state index in [1.165, 1.54) is 13.0 Å². The zero-order valence-electron chi connectivity index (χ0n) is 16.0. The molecule has 5 nitrogen and oxygen atoms in total. The van der Waals surface area contributed by atoms with Crippen molar-refractivity contribution in [3.63, 3.8) is 0 Å². The Morgan fingerprint density at radius 2 is 2.14 bits per heavy atom. The van der Waals surface area contributed by atoms with Crippen molar-refractivity contribution in [3.05, 3.63) is 58.9 Å². The van der Waals surface area contributed by atoms with Gasteiger partial charge in [0.15, 0.2) is 5.78 Å². The number of nitrogens with zero attached hydrogens (tertiary/aromatic N) is 1. The maximum absolute atomic E-state index is 14.6. The number of carbonyl (C=O) groups is 1. The highest BCUT2D eigenvalue weighted by atomic mass is 19.1. The van der Waals surface area contributed by atoms with Crippen molar-refractivity contribution in [2.24, 2.45) is 5.41 Å². The Hall–Kier alpha value is -2.44. The van der Waals surface area contributed by atoms with E-state index in [0.29, 0.717) is 16.7 Å². The summed E-state index contributed by atoms with van der Waals surface area (Å²) in [5.74, 6) is -0.585. The van der Waals surface area contributed by atoms with Crippen molar-refractivity contribution in [3.8, 4) is 5.75 Å². The lowest BCUT2D eigenvalue weighted by Crippen LogP contribution is -2.56. The molecule has 1 spiro atoms. The number of rotatable bonds is 6. The molecule has 0 radical (unpaired) electrons. The zero-order valence-corrected chi connectivity index (χ0v) is 16.0. The van der Waals surface area contributed by atoms with E-state index in [2.05, 4.69) is 10.2 Å². The van der Waals surface area contributed by atoms with Crippen LogP contribution in [-0.2, 0) is 17.8 Å². The largest absolute Gasteiger partial charge is 0.507 e.